The van der Waals surface area contributed by atoms with Crippen LogP contribution in [0.2, 0.25) is 5.02 Å². The van der Waals surface area contributed by atoms with Gasteiger partial charge in [-0.05, 0) is 58.7 Å². The van der Waals surface area contributed by atoms with Gasteiger partial charge < -0.3 is 5.73 Å². The first kappa shape index (κ1) is 16.6. The smallest absolute Gasteiger partial charge is 0.263 e. The number of nitrogens with two attached hydrogens (primary N) is 1. The Kier molecular flexibility index (Phi) is 4.87. The van der Waals surface area contributed by atoms with Gasteiger partial charge in [0, 0.05) is 20.9 Å². The Morgan fingerprint density at radius 3 is 2.48 bits per heavy atom. The van der Waals surface area contributed by atoms with Gasteiger partial charge in [-0.15, -0.1) is 0 Å². The second-order valence-corrected chi connectivity index (χ2v) is 8.11. The van der Waals surface area contributed by atoms with E-state index in [-0.39, 0.29) is 20.1 Å². The summed E-state index contributed by atoms with van der Waals surface area (Å²) < 4.78 is 28.6. The molecule has 8 heteroatoms. The number of anilines is 2. The largest absolute Gasteiger partial charge is 0.398 e. The average Bonchev–Trinajstić information content (AvgIpc) is 2.37. The maximum atomic E-state index is 12.5. The Balaban J connectivity index is 2.45. The van der Waals surface area contributed by atoms with E-state index in [9.17, 15) is 8.42 Å². The van der Waals surface area contributed by atoms with Crippen LogP contribution in [0.15, 0.2) is 44.2 Å². The van der Waals surface area contributed by atoms with Gasteiger partial charge in [0.1, 0.15) is 4.90 Å². The van der Waals surface area contributed by atoms with Gasteiger partial charge in [0.2, 0.25) is 0 Å². The molecule has 0 radical (unpaired) electrons. The number of benzene rings is 2. The van der Waals surface area contributed by atoms with Crippen molar-refractivity contribution in [1.82, 2.24) is 0 Å². The van der Waals surface area contributed by atoms with Crippen molar-refractivity contribution in [2.24, 2.45) is 0 Å². The maximum Gasteiger partial charge on any atom is 0.263 e. The Bertz CT molecular complexity index is 810. The van der Waals surface area contributed by atoms with Gasteiger partial charge >= 0.3 is 0 Å². The van der Waals surface area contributed by atoms with E-state index in [0.717, 1.165) is 10.0 Å². The third-order valence-corrected chi connectivity index (χ3v) is 6.39. The third-order valence-electron chi connectivity index (χ3n) is 2.73. The summed E-state index contributed by atoms with van der Waals surface area (Å²) in [6, 6.07) is 7.99. The molecule has 2 aromatic carbocycles. The first-order valence-corrected chi connectivity index (χ1v) is 9.19. The maximum absolute atomic E-state index is 12.5. The van der Waals surface area contributed by atoms with Crippen molar-refractivity contribution < 1.29 is 8.42 Å². The highest BCUT2D eigenvalue weighted by atomic mass is 79.9. The van der Waals surface area contributed by atoms with Crippen LogP contribution in [0.3, 0.4) is 0 Å². The van der Waals surface area contributed by atoms with Gasteiger partial charge in [-0.3, -0.25) is 4.72 Å². The summed E-state index contributed by atoms with van der Waals surface area (Å²) in [7, 11) is -3.80. The lowest BCUT2D eigenvalue weighted by Crippen LogP contribution is -2.14. The lowest BCUT2D eigenvalue weighted by molar-refractivity contribution is 0.601. The molecular weight excluding hydrogens is 443 g/mol. The number of sulfonamides is 1. The van der Waals surface area contributed by atoms with E-state index in [4.69, 9.17) is 17.3 Å². The second-order valence-electron chi connectivity index (χ2n) is 4.38. The molecular formula is C13H11Br2ClN2O2S. The van der Waals surface area contributed by atoms with Crippen LogP contribution < -0.4 is 10.5 Å². The number of halogens is 3. The Labute approximate surface area is 145 Å². The van der Waals surface area contributed by atoms with Gasteiger partial charge in [-0.25, -0.2) is 8.42 Å². The van der Waals surface area contributed by atoms with E-state index >= 15 is 0 Å². The van der Waals surface area contributed by atoms with E-state index < -0.39 is 10.0 Å². The number of hydrogen-bond donors (Lipinski definition) is 2. The van der Waals surface area contributed by atoms with Crippen LogP contribution in [0.1, 0.15) is 5.56 Å². The quantitative estimate of drug-likeness (QED) is 0.668. The van der Waals surface area contributed by atoms with Gasteiger partial charge in [-0.1, -0.05) is 27.5 Å². The van der Waals surface area contributed by atoms with Crippen molar-refractivity contribution in [3.63, 3.8) is 0 Å². The van der Waals surface area contributed by atoms with Gasteiger partial charge in [0.25, 0.3) is 10.0 Å². The molecule has 112 valence electrons. The van der Waals surface area contributed by atoms with Crippen LogP contribution in [0.25, 0.3) is 0 Å². The first-order valence-electron chi connectivity index (χ1n) is 5.74. The molecule has 3 N–H and O–H groups in total. The van der Waals surface area contributed by atoms with Crippen molar-refractivity contribution >= 4 is 64.9 Å². The van der Waals surface area contributed by atoms with Crippen LogP contribution in [0.5, 0.6) is 0 Å². The number of rotatable bonds is 3. The standard InChI is InChI=1S/C13H11Br2ClN2O2S/c1-7-4-9(2-3-10(7)14)18-21(19,20)12-6-8(16)5-11(17)13(12)15/h2-6,18H,17H2,1H3. The van der Waals surface area contributed by atoms with Gasteiger partial charge in [0.15, 0.2) is 0 Å². The highest BCUT2D eigenvalue weighted by Gasteiger charge is 2.20. The molecule has 0 atom stereocenters. The summed E-state index contributed by atoms with van der Waals surface area (Å²) in [6.45, 7) is 1.87. The van der Waals surface area contributed by atoms with Crippen LogP contribution in [0.4, 0.5) is 11.4 Å². The fourth-order valence-electron chi connectivity index (χ4n) is 1.70. The van der Waals surface area contributed by atoms with Crippen LogP contribution in [0, 0.1) is 6.92 Å². The molecule has 0 amide bonds. The molecule has 0 aliphatic heterocycles. The molecule has 0 aliphatic rings. The van der Waals surface area contributed by atoms with Crippen LogP contribution in [-0.4, -0.2) is 8.42 Å². The van der Waals surface area contributed by atoms with Gasteiger partial charge in [-0.2, -0.15) is 0 Å². The summed E-state index contributed by atoms with van der Waals surface area (Å²) in [6.07, 6.45) is 0. The average molecular weight is 455 g/mol. The second kappa shape index (κ2) is 6.16. The van der Waals surface area contributed by atoms with E-state index in [1.165, 1.54) is 12.1 Å². The molecule has 0 saturated carbocycles. The molecule has 4 nitrogen and oxygen atoms in total. The molecule has 0 spiro atoms. The van der Waals surface area contributed by atoms with E-state index in [1.54, 1.807) is 18.2 Å². The lowest BCUT2D eigenvalue weighted by atomic mass is 10.2. The Hall–Kier alpha value is -0.760. The lowest BCUT2D eigenvalue weighted by Gasteiger charge is -2.12. The molecule has 0 unspecified atom stereocenters. The monoisotopic (exact) mass is 452 g/mol. The minimum absolute atomic E-state index is 0.00641. The first-order chi connectivity index (χ1) is 9.70. The minimum Gasteiger partial charge on any atom is -0.398 e. The topological polar surface area (TPSA) is 72.2 Å². The van der Waals surface area contributed by atoms with Crippen molar-refractivity contribution in [3.8, 4) is 0 Å². The fourth-order valence-corrected chi connectivity index (χ4v) is 4.29. The summed E-state index contributed by atoms with van der Waals surface area (Å²) in [5, 5.41) is 0.253. The van der Waals surface area contributed by atoms with Gasteiger partial charge in [0.05, 0.1) is 4.47 Å². The zero-order valence-corrected chi connectivity index (χ0v) is 15.6. The summed E-state index contributed by atoms with van der Waals surface area (Å²) in [5.41, 5.74) is 7.36. The van der Waals surface area contributed by atoms with Crippen molar-refractivity contribution in [3.05, 3.63) is 49.9 Å². The highest BCUT2D eigenvalue weighted by molar-refractivity contribution is 9.11. The molecule has 0 aliphatic carbocycles. The minimum atomic E-state index is -3.80. The highest BCUT2D eigenvalue weighted by Crippen LogP contribution is 2.33. The molecule has 0 fully saturated rings. The molecule has 21 heavy (non-hydrogen) atoms. The molecule has 0 bridgehead atoms. The molecule has 0 heterocycles. The zero-order valence-electron chi connectivity index (χ0n) is 10.8. The Morgan fingerprint density at radius 1 is 1.19 bits per heavy atom. The predicted molar refractivity (Wildman–Crippen MR) is 93.3 cm³/mol. The normalized spacial score (nSPS) is 11.4. The number of nitrogen functional groups attached to an aromatic ring is 1. The summed E-state index contributed by atoms with van der Waals surface area (Å²) >= 11 is 12.4. The summed E-state index contributed by atoms with van der Waals surface area (Å²) in [5.74, 6) is 0. The zero-order chi connectivity index (χ0) is 15.8. The fraction of sp³-hybridized carbons (Fsp3) is 0.0769. The molecule has 0 saturated heterocycles. The Morgan fingerprint density at radius 2 is 1.86 bits per heavy atom. The summed E-state index contributed by atoms with van der Waals surface area (Å²) in [4.78, 5) is -0.00641. The molecule has 2 aromatic rings. The van der Waals surface area contributed by atoms with Crippen molar-refractivity contribution in [2.45, 2.75) is 11.8 Å². The van der Waals surface area contributed by atoms with E-state index in [1.807, 2.05) is 6.92 Å². The SMILES string of the molecule is Cc1cc(NS(=O)(=O)c2cc(Cl)cc(N)c2Br)ccc1Br. The van der Waals surface area contributed by atoms with Crippen LogP contribution >= 0.6 is 43.5 Å². The van der Waals surface area contributed by atoms with E-state index in [0.29, 0.717) is 5.69 Å². The van der Waals surface area contributed by atoms with E-state index in [2.05, 4.69) is 36.6 Å². The third kappa shape index (κ3) is 3.71. The number of aryl methyl sites for hydroxylation is 1. The number of nitrogens with one attached hydrogen (secondary N) is 1. The molecule has 2 rings (SSSR count). The number of hydrogen-bond acceptors (Lipinski definition) is 3. The van der Waals surface area contributed by atoms with Crippen LogP contribution in [-0.2, 0) is 10.0 Å². The molecule has 0 aromatic heterocycles. The predicted octanol–water partition coefficient (Wildman–Crippen LogP) is 4.56. The van der Waals surface area contributed by atoms with Crippen molar-refractivity contribution in [1.29, 1.82) is 0 Å². The van der Waals surface area contributed by atoms with Crippen molar-refractivity contribution in [2.75, 3.05) is 10.5 Å².